The number of carbonyl (C=O) groups excluding carboxylic acids is 3. The molecule has 4 aromatic rings. The number of imide groups is 1. The maximum Gasteiger partial charge on any atom is 0.290 e. The number of carbonyl (C=O) groups is 3. The number of benzene rings is 4. The minimum atomic E-state index is -1.61. The molecule has 2 spiro atoms. The molecule has 1 N–H and O–H groups in total. The molecule has 0 bridgehead atoms. The summed E-state index contributed by atoms with van der Waals surface area (Å²) in [6.45, 7) is 0.375. The number of nitrogens with zero attached hydrogens (tertiary/aromatic N) is 2. The summed E-state index contributed by atoms with van der Waals surface area (Å²) in [7, 11) is 0. The Morgan fingerprint density at radius 3 is 1.95 bits per heavy atom. The van der Waals surface area contributed by atoms with E-state index in [2.05, 4.69) is 5.32 Å². The molecule has 3 atom stereocenters. The first-order chi connectivity index (χ1) is 20.4. The van der Waals surface area contributed by atoms with Gasteiger partial charge in [-0.25, -0.2) is 4.39 Å². The van der Waals surface area contributed by atoms with Crippen LogP contribution < -0.4 is 10.2 Å². The highest BCUT2D eigenvalue weighted by molar-refractivity contribution is 8.17. The molecule has 4 aromatic carbocycles. The van der Waals surface area contributed by atoms with E-state index in [1.807, 2.05) is 84.9 Å². The largest absolute Gasteiger partial charge is 0.360 e. The van der Waals surface area contributed by atoms with E-state index in [0.29, 0.717) is 23.4 Å². The Balaban J connectivity index is 1.40. The fourth-order valence-electron chi connectivity index (χ4n) is 6.47. The zero-order valence-electron chi connectivity index (χ0n) is 22.2. The minimum absolute atomic E-state index is 0.0731. The van der Waals surface area contributed by atoms with Gasteiger partial charge in [-0.2, -0.15) is 0 Å². The van der Waals surface area contributed by atoms with Gasteiger partial charge in [-0.1, -0.05) is 103 Å². The van der Waals surface area contributed by atoms with Gasteiger partial charge in [0.05, 0.1) is 24.7 Å². The van der Waals surface area contributed by atoms with E-state index in [4.69, 9.17) is 12.2 Å². The van der Waals surface area contributed by atoms with Crippen LogP contribution in [0, 0.1) is 5.82 Å². The van der Waals surface area contributed by atoms with Crippen molar-refractivity contribution in [1.29, 1.82) is 0 Å². The molecule has 0 saturated carbocycles. The van der Waals surface area contributed by atoms with Crippen LogP contribution in [0.1, 0.15) is 28.2 Å². The van der Waals surface area contributed by atoms with Gasteiger partial charge in [0.25, 0.3) is 17.1 Å². The van der Waals surface area contributed by atoms with Crippen molar-refractivity contribution in [2.24, 2.45) is 0 Å². The van der Waals surface area contributed by atoms with Gasteiger partial charge in [-0.3, -0.25) is 19.3 Å². The van der Waals surface area contributed by atoms with E-state index in [1.165, 1.54) is 17.0 Å². The second-order valence-corrected chi connectivity index (χ2v) is 12.2. The fraction of sp³-hybridized carbons (Fsp3) is 0.152. The summed E-state index contributed by atoms with van der Waals surface area (Å²) in [6.07, 6.45) is 0. The van der Waals surface area contributed by atoms with Gasteiger partial charge in [0, 0.05) is 5.56 Å². The smallest absolute Gasteiger partial charge is 0.290 e. The van der Waals surface area contributed by atoms with Crippen molar-refractivity contribution < 1.29 is 18.8 Å². The standard InChI is InChI=1S/C33H24FN3O3S2/c34-24-17-15-23(16-18-24)27-32(25-13-7-8-14-26(25)36(29(32)38)19-21-9-3-1-4-10-21)35-28(41)33(27)30(39)37(31(40)42-33)20-22-11-5-2-6-12-22/h1-18,27H,19-20H2,(H,35,41)/t27-,32+,33-/m1/s1. The summed E-state index contributed by atoms with van der Waals surface area (Å²) < 4.78 is 12.6. The summed E-state index contributed by atoms with van der Waals surface area (Å²) in [5.74, 6) is -2.17. The first-order valence-electron chi connectivity index (χ1n) is 13.5. The van der Waals surface area contributed by atoms with E-state index in [-0.39, 0.29) is 17.4 Å². The molecule has 2 saturated heterocycles. The molecule has 42 heavy (non-hydrogen) atoms. The van der Waals surface area contributed by atoms with E-state index >= 15 is 0 Å². The first-order valence-corrected chi connectivity index (χ1v) is 14.7. The Kier molecular flexibility index (Phi) is 6.25. The molecule has 0 aromatic heterocycles. The fourth-order valence-corrected chi connectivity index (χ4v) is 8.27. The van der Waals surface area contributed by atoms with Crippen LogP contribution in [0.2, 0.25) is 0 Å². The third kappa shape index (κ3) is 3.77. The monoisotopic (exact) mass is 593 g/mol. The molecule has 0 radical (unpaired) electrons. The molecule has 2 fully saturated rings. The second-order valence-electron chi connectivity index (χ2n) is 10.6. The number of fused-ring (bicyclic) bond motifs is 2. The van der Waals surface area contributed by atoms with Crippen molar-refractivity contribution in [2.75, 3.05) is 4.90 Å². The number of amides is 3. The maximum absolute atomic E-state index is 14.8. The summed E-state index contributed by atoms with van der Waals surface area (Å²) in [4.78, 5) is 45.9. The van der Waals surface area contributed by atoms with Gasteiger partial charge >= 0.3 is 0 Å². The van der Waals surface area contributed by atoms with Crippen LogP contribution in [0.5, 0.6) is 0 Å². The Bertz CT molecular complexity index is 1750. The predicted octanol–water partition coefficient (Wildman–Crippen LogP) is 5.92. The Morgan fingerprint density at radius 2 is 1.31 bits per heavy atom. The lowest BCUT2D eigenvalue weighted by Gasteiger charge is -2.35. The van der Waals surface area contributed by atoms with Crippen LogP contribution in [-0.4, -0.2) is 31.7 Å². The first kappa shape index (κ1) is 26.6. The molecule has 3 heterocycles. The summed E-state index contributed by atoms with van der Waals surface area (Å²) in [5, 5.41) is 2.86. The zero-order chi connectivity index (χ0) is 29.1. The topological polar surface area (TPSA) is 69.7 Å². The highest BCUT2D eigenvalue weighted by atomic mass is 32.2. The predicted molar refractivity (Wildman–Crippen MR) is 163 cm³/mol. The minimum Gasteiger partial charge on any atom is -0.360 e. The van der Waals surface area contributed by atoms with Crippen LogP contribution in [0.3, 0.4) is 0 Å². The lowest BCUT2D eigenvalue weighted by molar-refractivity contribution is -0.129. The Hall–Kier alpha value is -4.34. The Labute approximate surface area is 251 Å². The summed E-state index contributed by atoms with van der Waals surface area (Å²) in [5.41, 5.74) is 2.10. The van der Waals surface area contributed by atoms with Gasteiger partial charge in [0.1, 0.15) is 10.8 Å². The lowest BCUT2D eigenvalue weighted by Crippen LogP contribution is -2.52. The number of hydrogen-bond donors (Lipinski definition) is 1. The normalized spacial score (nSPS) is 24.6. The summed E-state index contributed by atoms with van der Waals surface area (Å²) >= 11 is 6.76. The van der Waals surface area contributed by atoms with Crippen LogP contribution in [0.15, 0.2) is 109 Å². The average molecular weight is 594 g/mol. The number of anilines is 1. The van der Waals surface area contributed by atoms with Gasteiger partial charge in [0.15, 0.2) is 10.3 Å². The molecule has 3 aliphatic rings. The number of hydrogen-bond acceptors (Lipinski definition) is 5. The number of halogens is 1. The third-order valence-corrected chi connectivity index (χ3v) is 10.2. The van der Waals surface area contributed by atoms with E-state index in [9.17, 15) is 18.8 Å². The van der Waals surface area contributed by atoms with Crippen molar-refractivity contribution in [3.05, 3.63) is 137 Å². The lowest BCUT2D eigenvalue weighted by atomic mass is 9.71. The van der Waals surface area contributed by atoms with Gasteiger partial charge in [0.2, 0.25) is 0 Å². The van der Waals surface area contributed by atoms with Crippen molar-refractivity contribution >= 4 is 51.7 Å². The molecule has 9 heteroatoms. The molecule has 208 valence electrons. The zero-order valence-corrected chi connectivity index (χ0v) is 23.8. The molecular weight excluding hydrogens is 570 g/mol. The van der Waals surface area contributed by atoms with Crippen molar-refractivity contribution in [1.82, 2.24) is 10.2 Å². The number of rotatable bonds is 5. The number of para-hydroxylation sites is 1. The van der Waals surface area contributed by atoms with Crippen LogP contribution in [-0.2, 0) is 28.2 Å². The number of thioether (sulfide) groups is 1. The van der Waals surface area contributed by atoms with Crippen LogP contribution in [0.25, 0.3) is 0 Å². The average Bonchev–Trinajstić information content (AvgIpc) is 3.51. The highest BCUT2D eigenvalue weighted by Gasteiger charge is 2.75. The van der Waals surface area contributed by atoms with Gasteiger partial charge in [-0.15, -0.1) is 0 Å². The molecular formula is C33H24FN3O3S2. The third-order valence-electron chi connectivity index (χ3n) is 8.29. The highest BCUT2D eigenvalue weighted by Crippen LogP contribution is 2.62. The Morgan fingerprint density at radius 1 is 0.738 bits per heavy atom. The molecule has 0 unspecified atom stereocenters. The van der Waals surface area contributed by atoms with Crippen LogP contribution in [0.4, 0.5) is 14.9 Å². The van der Waals surface area contributed by atoms with Crippen LogP contribution >= 0.6 is 24.0 Å². The van der Waals surface area contributed by atoms with Gasteiger partial charge in [-0.05, 0) is 46.7 Å². The van der Waals surface area contributed by atoms with E-state index in [1.54, 1.807) is 17.0 Å². The number of nitrogens with one attached hydrogen (secondary N) is 1. The molecule has 6 nitrogen and oxygen atoms in total. The number of thiocarbonyl (C=S) groups is 1. The van der Waals surface area contributed by atoms with E-state index in [0.717, 1.165) is 22.9 Å². The molecule has 0 aliphatic carbocycles. The van der Waals surface area contributed by atoms with Crippen molar-refractivity contribution in [3.63, 3.8) is 0 Å². The maximum atomic E-state index is 14.8. The molecule has 3 amide bonds. The SMILES string of the molecule is O=C1S[C@@]2(C(=O)N1Cc1ccccc1)C(=S)N[C@]1(C(=O)N(Cc3ccccc3)c3ccccc31)[C@H]2c1ccc(F)cc1. The van der Waals surface area contributed by atoms with Crippen molar-refractivity contribution in [2.45, 2.75) is 29.3 Å². The molecule has 7 rings (SSSR count). The summed E-state index contributed by atoms with van der Waals surface area (Å²) in [6, 6.07) is 32.1. The molecule has 3 aliphatic heterocycles. The van der Waals surface area contributed by atoms with Crippen molar-refractivity contribution in [3.8, 4) is 0 Å². The van der Waals surface area contributed by atoms with Gasteiger partial charge < -0.3 is 10.2 Å². The quantitative estimate of drug-likeness (QED) is 0.290. The second kappa shape index (κ2) is 9.89. The van der Waals surface area contributed by atoms with E-state index < -0.39 is 33.2 Å².